The first-order valence-corrected chi connectivity index (χ1v) is 15.0. The third kappa shape index (κ3) is 10.6. The minimum absolute atomic E-state index is 0.249. The zero-order chi connectivity index (χ0) is 25.4. The minimum Gasteiger partial charge on any atom is -0.377 e. The molecular weight excluding hydrogens is 436 g/mol. The molecule has 2 atom stereocenters. The fraction of sp³-hybridized carbons (Fsp3) is 0.600. The molecule has 0 N–H and O–H groups in total. The van der Waals surface area contributed by atoms with Gasteiger partial charge in [0.25, 0.3) is 0 Å². The van der Waals surface area contributed by atoms with Crippen molar-refractivity contribution in [1.29, 1.82) is 0 Å². The fourth-order valence-corrected chi connectivity index (χ4v) is 6.15. The first kappa shape index (κ1) is 28.7. The predicted molar refractivity (Wildman–Crippen MR) is 157 cm³/mol. The lowest BCUT2D eigenvalue weighted by Crippen LogP contribution is -2.14. The van der Waals surface area contributed by atoms with Gasteiger partial charge in [0.1, 0.15) is 0 Å². The fourth-order valence-electron chi connectivity index (χ4n) is 6.15. The van der Waals surface area contributed by atoms with Gasteiger partial charge in [-0.1, -0.05) is 138 Å². The molecule has 0 radical (unpaired) electrons. The number of aryl methyl sites for hydroxylation is 1. The number of benzene rings is 2. The zero-order valence-corrected chi connectivity index (χ0v) is 23.5. The lowest BCUT2D eigenvalue weighted by molar-refractivity contribution is 0.0893. The number of rotatable bonds is 16. The summed E-state index contributed by atoms with van der Waals surface area (Å²) < 4.78 is 5.76. The molecule has 1 saturated carbocycles. The van der Waals surface area contributed by atoms with Gasteiger partial charge in [-0.15, -0.1) is 0 Å². The lowest BCUT2D eigenvalue weighted by Gasteiger charge is -2.28. The summed E-state index contributed by atoms with van der Waals surface area (Å²) in [6.07, 6.45) is 24.0. The van der Waals surface area contributed by atoms with Crippen LogP contribution in [-0.2, 0) is 11.2 Å². The Labute approximate surface area is 222 Å². The monoisotopic (exact) mass is 488 g/mol. The van der Waals surface area contributed by atoms with Crippen LogP contribution in [-0.4, -0.2) is 7.11 Å². The van der Waals surface area contributed by atoms with Crippen LogP contribution in [0.4, 0.5) is 0 Å². The van der Waals surface area contributed by atoms with E-state index in [0.29, 0.717) is 0 Å². The van der Waals surface area contributed by atoms with Gasteiger partial charge in [0, 0.05) is 7.11 Å². The maximum atomic E-state index is 5.76. The van der Waals surface area contributed by atoms with E-state index in [1.165, 1.54) is 100 Å². The average molecular weight is 489 g/mol. The van der Waals surface area contributed by atoms with Gasteiger partial charge in [-0.05, 0) is 67.1 Å². The van der Waals surface area contributed by atoms with Gasteiger partial charge in [-0.2, -0.15) is 0 Å². The molecule has 0 bridgehead atoms. The van der Waals surface area contributed by atoms with Crippen LogP contribution in [0.3, 0.4) is 0 Å². The Hall–Kier alpha value is -1.86. The number of methoxy groups -OCH3 is 1. The van der Waals surface area contributed by atoms with Crippen LogP contribution in [0.2, 0.25) is 0 Å². The van der Waals surface area contributed by atoms with E-state index in [-0.39, 0.29) is 6.10 Å². The minimum atomic E-state index is 0.249. The molecule has 1 heteroatoms. The number of hydrogen-bond donors (Lipinski definition) is 0. The normalized spacial score (nSPS) is 20.0. The molecule has 1 aliphatic carbocycles. The lowest BCUT2D eigenvalue weighted by atomic mass is 9.77. The smallest absolute Gasteiger partial charge is 0.0821 e. The summed E-state index contributed by atoms with van der Waals surface area (Å²) in [7, 11) is 1.85. The van der Waals surface area contributed by atoms with Crippen LogP contribution in [0.15, 0.2) is 60.7 Å². The zero-order valence-electron chi connectivity index (χ0n) is 23.5. The molecule has 0 spiro atoms. The summed E-state index contributed by atoms with van der Waals surface area (Å²) in [5, 5.41) is 0. The van der Waals surface area contributed by atoms with E-state index in [1.807, 2.05) is 7.11 Å². The summed E-state index contributed by atoms with van der Waals surface area (Å²) in [5.74, 6) is 2.80. The largest absolute Gasteiger partial charge is 0.377 e. The second-order valence-corrected chi connectivity index (χ2v) is 11.5. The molecule has 0 amide bonds. The van der Waals surface area contributed by atoms with Crippen LogP contribution < -0.4 is 0 Å². The quantitative estimate of drug-likeness (QED) is 0.213. The van der Waals surface area contributed by atoms with Gasteiger partial charge in [0.2, 0.25) is 0 Å². The van der Waals surface area contributed by atoms with E-state index in [1.54, 1.807) is 0 Å². The highest BCUT2D eigenvalue weighted by Gasteiger charge is 2.20. The van der Waals surface area contributed by atoms with Gasteiger partial charge >= 0.3 is 0 Å². The van der Waals surface area contributed by atoms with E-state index in [9.17, 15) is 0 Å². The van der Waals surface area contributed by atoms with E-state index in [4.69, 9.17) is 4.74 Å². The molecule has 0 heterocycles. The van der Waals surface area contributed by atoms with Crippen LogP contribution in [0.25, 0.3) is 6.08 Å². The molecule has 1 nitrogen and oxygen atoms in total. The molecule has 3 rings (SSSR count). The summed E-state index contributed by atoms with van der Waals surface area (Å²) in [5.41, 5.74) is 4.13. The number of hydrogen-bond acceptors (Lipinski definition) is 1. The van der Waals surface area contributed by atoms with Gasteiger partial charge in [0.15, 0.2) is 0 Å². The van der Waals surface area contributed by atoms with Crippen LogP contribution in [0.5, 0.6) is 0 Å². The summed E-state index contributed by atoms with van der Waals surface area (Å²) in [4.78, 5) is 0. The van der Waals surface area contributed by atoms with Crippen molar-refractivity contribution in [3.63, 3.8) is 0 Å². The van der Waals surface area contributed by atoms with Crippen molar-refractivity contribution in [3.05, 3.63) is 77.4 Å². The van der Waals surface area contributed by atoms with Crippen molar-refractivity contribution in [2.45, 2.75) is 110 Å². The predicted octanol–water partition coefficient (Wildman–Crippen LogP) is 10.6. The highest BCUT2D eigenvalue weighted by atomic mass is 16.5. The highest BCUT2D eigenvalue weighted by molar-refractivity contribution is 5.49. The molecule has 2 unspecified atom stereocenters. The van der Waals surface area contributed by atoms with E-state index in [2.05, 4.69) is 80.6 Å². The summed E-state index contributed by atoms with van der Waals surface area (Å²) in [6, 6.07) is 19.8. The molecule has 36 heavy (non-hydrogen) atoms. The van der Waals surface area contributed by atoms with Crippen LogP contribution in [0.1, 0.15) is 120 Å². The Morgan fingerprint density at radius 1 is 0.778 bits per heavy atom. The molecule has 0 aliphatic heterocycles. The standard InChI is InChI=1S/C35H52O/c1-4-12-30-20-22-32(23-21-30)15-10-11-16-33-26-24-31(25-27-33)14-9-8-13-29(2)19-28-35(36-3)34-17-6-5-7-18-34/h4-7,12,17-18,20-23,29,31,33,35H,8-11,13-16,19,24-28H2,1-3H3/b12-4-/t29?,31-,33-,35?. The van der Waals surface area contributed by atoms with E-state index >= 15 is 0 Å². The van der Waals surface area contributed by atoms with Crippen molar-refractivity contribution in [2.75, 3.05) is 7.11 Å². The maximum Gasteiger partial charge on any atom is 0.0821 e. The Bertz CT molecular complexity index is 829. The topological polar surface area (TPSA) is 9.23 Å². The first-order valence-electron chi connectivity index (χ1n) is 15.0. The molecule has 0 saturated heterocycles. The van der Waals surface area contributed by atoms with Crippen molar-refractivity contribution in [2.24, 2.45) is 17.8 Å². The molecule has 1 fully saturated rings. The third-order valence-corrected chi connectivity index (χ3v) is 8.57. The second-order valence-electron chi connectivity index (χ2n) is 11.5. The van der Waals surface area contributed by atoms with Crippen molar-refractivity contribution in [3.8, 4) is 0 Å². The van der Waals surface area contributed by atoms with Crippen LogP contribution in [0, 0.1) is 17.8 Å². The molecule has 1 aliphatic rings. The van der Waals surface area contributed by atoms with Gasteiger partial charge in [-0.3, -0.25) is 0 Å². The van der Waals surface area contributed by atoms with Crippen molar-refractivity contribution >= 4 is 6.08 Å². The number of unbranched alkanes of at least 4 members (excludes halogenated alkanes) is 2. The van der Waals surface area contributed by atoms with Gasteiger partial charge in [-0.25, -0.2) is 0 Å². The second kappa shape index (κ2) is 16.8. The molecule has 198 valence electrons. The van der Waals surface area contributed by atoms with E-state index < -0.39 is 0 Å². The highest BCUT2D eigenvalue weighted by Crippen LogP contribution is 2.35. The summed E-state index contributed by atoms with van der Waals surface area (Å²) >= 11 is 0. The molecule has 2 aromatic carbocycles. The number of allylic oxidation sites excluding steroid dienone is 1. The van der Waals surface area contributed by atoms with Crippen LogP contribution >= 0.6 is 0 Å². The van der Waals surface area contributed by atoms with Gasteiger partial charge < -0.3 is 4.74 Å². The third-order valence-electron chi connectivity index (χ3n) is 8.57. The van der Waals surface area contributed by atoms with Crippen molar-refractivity contribution in [1.82, 2.24) is 0 Å². The Kier molecular flexibility index (Phi) is 13.4. The Balaban J connectivity index is 1.19. The molecular formula is C35H52O. The Morgan fingerprint density at radius 2 is 1.42 bits per heavy atom. The molecule has 0 aromatic heterocycles. The maximum absolute atomic E-state index is 5.76. The SMILES string of the molecule is C/C=C\c1ccc(CCCC[C@H]2CC[C@H](CCCCC(C)CCC(OC)c3ccccc3)CC2)cc1. The van der Waals surface area contributed by atoms with Crippen molar-refractivity contribution < 1.29 is 4.74 Å². The molecule has 2 aromatic rings. The number of ether oxygens (including phenoxy) is 1. The van der Waals surface area contributed by atoms with E-state index in [0.717, 1.165) is 24.2 Å². The first-order chi connectivity index (χ1) is 17.7. The average Bonchev–Trinajstić information content (AvgIpc) is 2.92. The van der Waals surface area contributed by atoms with Gasteiger partial charge in [0.05, 0.1) is 6.10 Å². The summed E-state index contributed by atoms with van der Waals surface area (Å²) in [6.45, 7) is 4.51. The Morgan fingerprint density at radius 3 is 2.03 bits per heavy atom.